The third-order valence-electron chi connectivity index (χ3n) is 2.53. The summed E-state index contributed by atoms with van der Waals surface area (Å²) in [6.07, 6.45) is -1.08. The van der Waals surface area contributed by atoms with Gasteiger partial charge in [-0.25, -0.2) is 8.78 Å². The molecular formula is C12H10BrClF2N2. The van der Waals surface area contributed by atoms with E-state index in [-0.39, 0.29) is 12.2 Å². The molecule has 0 unspecified atom stereocenters. The highest BCUT2D eigenvalue weighted by molar-refractivity contribution is 9.08. The molecule has 0 atom stereocenters. The monoisotopic (exact) mass is 334 g/mol. The van der Waals surface area contributed by atoms with Gasteiger partial charge in [0.25, 0.3) is 6.43 Å². The van der Waals surface area contributed by atoms with Crippen molar-refractivity contribution >= 4 is 27.5 Å². The summed E-state index contributed by atoms with van der Waals surface area (Å²) in [6, 6.07) is 7.10. The minimum absolute atomic E-state index is 0.0492. The average molecular weight is 336 g/mol. The van der Waals surface area contributed by atoms with Crippen molar-refractivity contribution < 1.29 is 8.78 Å². The molecule has 2 aromatic rings. The molecule has 0 saturated heterocycles. The predicted octanol–water partition coefficient (Wildman–Crippen LogP) is 4.42. The maximum absolute atomic E-state index is 13.0. The highest BCUT2D eigenvalue weighted by Crippen LogP contribution is 2.25. The minimum atomic E-state index is -2.54. The summed E-state index contributed by atoms with van der Waals surface area (Å²) in [6.45, 7) is 0.285. The van der Waals surface area contributed by atoms with Gasteiger partial charge in [0.05, 0.1) is 12.7 Å². The lowest BCUT2D eigenvalue weighted by Crippen LogP contribution is -2.07. The normalized spacial score (nSPS) is 11.2. The summed E-state index contributed by atoms with van der Waals surface area (Å²) >= 11 is 9.04. The lowest BCUT2D eigenvalue weighted by Gasteiger charge is -2.08. The van der Waals surface area contributed by atoms with Crippen LogP contribution in [0, 0.1) is 0 Å². The van der Waals surface area contributed by atoms with Gasteiger partial charge < -0.3 is 0 Å². The fourth-order valence-electron chi connectivity index (χ4n) is 1.72. The molecule has 0 radical (unpaired) electrons. The molecule has 0 spiro atoms. The first-order chi connectivity index (χ1) is 8.61. The quantitative estimate of drug-likeness (QED) is 0.756. The van der Waals surface area contributed by atoms with Crippen LogP contribution in [0.25, 0.3) is 0 Å². The van der Waals surface area contributed by atoms with Gasteiger partial charge in [-0.2, -0.15) is 5.10 Å². The number of nitrogens with zero attached hydrogens (tertiary/aromatic N) is 2. The molecule has 0 fully saturated rings. The Balaban J connectivity index is 2.32. The van der Waals surface area contributed by atoms with Crippen molar-refractivity contribution in [2.75, 3.05) is 0 Å². The fourth-order valence-corrected chi connectivity index (χ4v) is 2.37. The van der Waals surface area contributed by atoms with Crippen LogP contribution in [0.2, 0.25) is 5.02 Å². The van der Waals surface area contributed by atoms with Crippen LogP contribution in [-0.4, -0.2) is 9.78 Å². The van der Waals surface area contributed by atoms with Crippen LogP contribution in [0.3, 0.4) is 0 Å². The number of aromatic nitrogens is 2. The van der Waals surface area contributed by atoms with Crippen LogP contribution in [0.5, 0.6) is 0 Å². The Morgan fingerprint density at radius 3 is 2.78 bits per heavy atom. The van der Waals surface area contributed by atoms with Crippen LogP contribution in [0.1, 0.15) is 23.2 Å². The van der Waals surface area contributed by atoms with Gasteiger partial charge in [0.2, 0.25) is 0 Å². The minimum Gasteiger partial charge on any atom is -0.259 e. The second kappa shape index (κ2) is 5.80. The summed E-state index contributed by atoms with van der Waals surface area (Å²) in [5.74, 6) is 0. The Kier molecular flexibility index (Phi) is 4.35. The van der Waals surface area contributed by atoms with Gasteiger partial charge in [-0.3, -0.25) is 4.68 Å². The number of rotatable bonds is 4. The van der Waals surface area contributed by atoms with Gasteiger partial charge >= 0.3 is 0 Å². The number of benzene rings is 1. The smallest absolute Gasteiger partial charge is 0.259 e. The van der Waals surface area contributed by atoms with Crippen LogP contribution in [0.4, 0.5) is 8.78 Å². The Morgan fingerprint density at radius 1 is 1.39 bits per heavy atom. The van der Waals surface area contributed by atoms with E-state index in [1.807, 2.05) is 6.07 Å². The summed E-state index contributed by atoms with van der Waals surface area (Å²) in [7, 11) is 0. The first-order valence-electron chi connectivity index (χ1n) is 5.25. The molecule has 96 valence electrons. The van der Waals surface area contributed by atoms with E-state index in [1.165, 1.54) is 10.9 Å². The van der Waals surface area contributed by atoms with Gasteiger partial charge in [-0.1, -0.05) is 39.7 Å². The van der Waals surface area contributed by atoms with E-state index < -0.39 is 6.43 Å². The number of halogens is 4. The van der Waals surface area contributed by atoms with Gasteiger partial charge in [0, 0.05) is 15.9 Å². The molecule has 1 aromatic carbocycles. The molecule has 1 heterocycles. The molecule has 2 rings (SSSR count). The highest BCUT2D eigenvalue weighted by atomic mass is 79.9. The molecule has 0 N–H and O–H groups in total. The summed E-state index contributed by atoms with van der Waals surface area (Å²) in [5, 5.41) is 4.94. The van der Waals surface area contributed by atoms with Gasteiger partial charge in [0.1, 0.15) is 5.69 Å². The Bertz CT molecular complexity index is 543. The van der Waals surface area contributed by atoms with Crippen molar-refractivity contribution in [1.82, 2.24) is 9.78 Å². The molecule has 0 aliphatic rings. The number of hydrogen-bond donors (Lipinski definition) is 0. The van der Waals surface area contributed by atoms with Crippen LogP contribution in [0.15, 0.2) is 30.5 Å². The van der Waals surface area contributed by atoms with Crippen LogP contribution < -0.4 is 0 Å². The molecule has 1 aromatic heterocycles. The fraction of sp³-hybridized carbons (Fsp3) is 0.250. The first kappa shape index (κ1) is 13.5. The zero-order chi connectivity index (χ0) is 13.1. The third-order valence-corrected chi connectivity index (χ3v) is 3.37. The molecule has 0 saturated carbocycles. The van der Waals surface area contributed by atoms with E-state index in [0.717, 1.165) is 5.56 Å². The van der Waals surface area contributed by atoms with Crippen molar-refractivity contribution in [3.63, 3.8) is 0 Å². The lowest BCUT2D eigenvalue weighted by molar-refractivity contribution is 0.139. The lowest BCUT2D eigenvalue weighted by atomic mass is 10.2. The molecule has 0 bridgehead atoms. The molecule has 0 amide bonds. The molecular weight excluding hydrogens is 325 g/mol. The highest BCUT2D eigenvalue weighted by Gasteiger charge is 2.19. The second-order valence-corrected chi connectivity index (χ2v) is 4.77. The molecule has 0 aliphatic heterocycles. The Hall–Kier alpha value is -0.940. The van der Waals surface area contributed by atoms with Gasteiger partial charge in [0.15, 0.2) is 0 Å². The number of alkyl halides is 3. The number of hydrogen-bond acceptors (Lipinski definition) is 1. The van der Waals surface area contributed by atoms with Crippen molar-refractivity contribution in [2.24, 2.45) is 0 Å². The summed E-state index contributed by atoms with van der Waals surface area (Å²) < 4.78 is 27.3. The topological polar surface area (TPSA) is 17.8 Å². The van der Waals surface area contributed by atoms with E-state index in [0.29, 0.717) is 15.9 Å². The third kappa shape index (κ3) is 2.90. The molecule has 2 nitrogen and oxygen atoms in total. The maximum atomic E-state index is 13.0. The van der Waals surface area contributed by atoms with Crippen molar-refractivity contribution in [3.8, 4) is 0 Å². The summed E-state index contributed by atoms with van der Waals surface area (Å²) in [5.41, 5.74) is 1.30. The van der Waals surface area contributed by atoms with E-state index >= 15 is 0 Å². The Morgan fingerprint density at radius 2 is 2.17 bits per heavy atom. The van der Waals surface area contributed by atoms with E-state index in [9.17, 15) is 8.78 Å². The largest absolute Gasteiger partial charge is 0.280 e. The maximum Gasteiger partial charge on any atom is 0.280 e. The SMILES string of the molecule is FC(F)c1c(CBr)cnn1Cc1cccc(Cl)c1. The first-order valence-corrected chi connectivity index (χ1v) is 6.75. The standard InChI is InChI=1S/C12H10BrClF2N2/c13-5-9-6-17-18(11(9)12(15)16)7-8-2-1-3-10(14)4-8/h1-4,6,12H,5,7H2. The van der Waals surface area contributed by atoms with Crippen LogP contribution >= 0.6 is 27.5 Å². The van der Waals surface area contributed by atoms with E-state index in [2.05, 4.69) is 21.0 Å². The van der Waals surface area contributed by atoms with E-state index in [1.54, 1.807) is 18.2 Å². The van der Waals surface area contributed by atoms with Crippen molar-refractivity contribution in [3.05, 3.63) is 52.3 Å². The van der Waals surface area contributed by atoms with Crippen molar-refractivity contribution in [2.45, 2.75) is 18.3 Å². The Labute approximate surface area is 117 Å². The average Bonchev–Trinajstić information content (AvgIpc) is 2.72. The van der Waals surface area contributed by atoms with E-state index in [4.69, 9.17) is 11.6 Å². The predicted molar refractivity (Wildman–Crippen MR) is 70.4 cm³/mol. The van der Waals surface area contributed by atoms with Crippen LogP contribution in [-0.2, 0) is 11.9 Å². The second-order valence-electron chi connectivity index (χ2n) is 3.78. The van der Waals surface area contributed by atoms with Gasteiger partial charge in [-0.05, 0) is 17.7 Å². The zero-order valence-corrected chi connectivity index (χ0v) is 11.6. The van der Waals surface area contributed by atoms with Crippen molar-refractivity contribution in [1.29, 1.82) is 0 Å². The summed E-state index contributed by atoms with van der Waals surface area (Å²) in [4.78, 5) is 0. The molecule has 18 heavy (non-hydrogen) atoms. The molecule has 6 heteroatoms. The molecule has 0 aliphatic carbocycles. The van der Waals surface area contributed by atoms with Gasteiger partial charge in [-0.15, -0.1) is 0 Å². The zero-order valence-electron chi connectivity index (χ0n) is 9.28.